The Morgan fingerprint density at radius 2 is 1.81 bits per heavy atom. The molecule has 0 radical (unpaired) electrons. The van der Waals surface area contributed by atoms with Crippen molar-refractivity contribution >= 4 is 15.9 Å². The van der Waals surface area contributed by atoms with Gasteiger partial charge < -0.3 is 9.84 Å². The first-order valence-corrected chi connectivity index (χ1v) is 8.16. The summed E-state index contributed by atoms with van der Waals surface area (Å²) in [6.45, 7) is 9.47. The fraction of sp³-hybridized carbons (Fsp3) is 0.625. The van der Waals surface area contributed by atoms with Crippen molar-refractivity contribution in [1.82, 2.24) is 9.80 Å². The quantitative estimate of drug-likeness (QED) is 0.878. The summed E-state index contributed by atoms with van der Waals surface area (Å²) < 4.78 is 6.42. The molecular formula is C16H25BrN2O2. The SMILES string of the molecule is COc1ccc(Br)c(CN2CCN(CC(C)(C)O)CC2)c1. The number of β-amino-alcohol motifs (C(OH)–C–C–N with tert-alkyl or cyclic N) is 1. The Labute approximate surface area is 135 Å². The lowest BCUT2D eigenvalue weighted by atomic mass is 10.1. The van der Waals surface area contributed by atoms with Crippen molar-refractivity contribution in [3.63, 3.8) is 0 Å². The molecule has 0 saturated carbocycles. The summed E-state index contributed by atoms with van der Waals surface area (Å²) in [5.41, 5.74) is 0.642. The van der Waals surface area contributed by atoms with Crippen molar-refractivity contribution in [2.75, 3.05) is 39.8 Å². The van der Waals surface area contributed by atoms with Gasteiger partial charge >= 0.3 is 0 Å². The Balaban J connectivity index is 1.89. The number of methoxy groups -OCH3 is 1. The highest BCUT2D eigenvalue weighted by Crippen LogP contribution is 2.24. The number of rotatable bonds is 5. The third-order valence-corrected chi connectivity index (χ3v) is 4.50. The van der Waals surface area contributed by atoms with E-state index < -0.39 is 5.60 Å². The van der Waals surface area contributed by atoms with Crippen molar-refractivity contribution in [2.45, 2.75) is 26.0 Å². The Kier molecular flexibility index (Phi) is 5.66. The van der Waals surface area contributed by atoms with E-state index in [-0.39, 0.29) is 0 Å². The first kappa shape index (κ1) is 16.7. The minimum atomic E-state index is -0.613. The van der Waals surface area contributed by atoms with Gasteiger partial charge in [0.25, 0.3) is 0 Å². The van der Waals surface area contributed by atoms with Gasteiger partial charge in [0.2, 0.25) is 0 Å². The Morgan fingerprint density at radius 1 is 1.19 bits per heavy atom. The maximum Gasteiger partial charge on any atom is 0.119 e. The van der Waals surface area contributed by atoms with E-state index in [2.05, 4.69) is 31.8 Å². The molecule has 1 aliphatic rings. The number of nitrogens with zero attached hydrogens (tertiary/aromatic N) is 2. The molecule has 0 unspecified atom stereocenters. The van der Waals surface area contributed by atoms with E-state index in [9.17, 15) is 5.11 Å². The van der Waals surface area contributed by atoms with Crippen LogP contribution >= 0.6 is 15.9 Å². The first-order chi connectivity index (χ1) is 9.87. The van der Waals surface area contributed by atoms with E-state index in [0.717, 1.165) is 49.5 Å². The lowest BCUT2D eigenvalue weighted by molar-refractivity contribution is 0.0166. The van der Waals surface area contributed by atoms with Gasteiger partial charge in [0, 0.05) is 43.7 Å². The van der Waals surface area contributed by atoms with Crippen LogP contribution in [-0.4, -0.2) is 60.3 Å². The van der Waals surface area contributed by atoms with E-state index in [1.807, 2.05) is 26.0 Å². The van der Waals surface area contributed by atoms with Gasteiger partial charge in [0.1, 0.15) is 5.75 Å². The highest BCUT2D eigenvalue weighted by molar-refractivity contribution is 9.10. The van der Waals surface area contributed by atoms with Crippen LogP contribution in [0.1, 0.15) is 19.4 Å². The molecule has 118 valence electrons. The van der Waals surface area contributed by atoms with Crippen molar-refractivity contribution in [3.05, 3.63) is 28.2 Å². The maximum absolute atomic E-state index is 9.89. The average Bonchev–Trinajstić information content (AvgIpc) is 2.42. The molecule has 0 aromatic heterocycles. The van der Waals surface area contributed by atoms with Crippen molar-refractivity contribution in [1.29, 1.82) is 0 Å². The molecule has 2 rings (SSSR count). The third-order valence-electron chi connectivity index (χ3n) is 3.72. The first-order valence-electron chi connectivity index (χ1n) is 7.37. The van der Waals surface area contributed by atoms with Crippen molar-refractivity contribution < 1.29 is 9.84 Å². The minimum absolute atomic E-state index is 0.613. The van der Waals surface area contributed by atoms with Crippen LogP contribution in [0.2, 0.25) is 0 Å². The number of benzene rings is 1. The Hall–Kier alpha value is -0.620. The molecule has 1 aromatic carbocycles. The Bertz CT molecular complexity index is 466. The summed E-state index contributed by atoms with van der Waals surface area (Å²) in [4.78, 5) is 4.78. The second-order valence-electron chi connectivity index (χ2n) is 6.32. The number of halogens is 1. The van der Waals surface area contributed by atoms with E-state index >= 15 is 0 Å². The molecule has 1 aromatic rings. The molecule has 0 spiro atoms. The van der Waals surface area contributed by atoms with Gasteiger partial charge in [0.05, 0.1) is 12.7 Å². The standard InChI is InChI=1S/C16H25BrN2O2/c1-16(2,20)12-19-8-6-18(7-9-19)11-13-10-14(21-3)4-5-15(13)17/h4-5,10,20H,6-9,11-12H2,1-3H3. The number of hydrogen-bond donors (Lipinski definition) is 1. The largest absolute Gasteiger partial charge is 0.497 e. The van der Waals surface area contributed by atoms with Gasteiger partial charge in [-0.15, -0.1) is 0 Å². The fourth-order valence-corrected chi connectivity index (χ4v) is 3.06. The molecule has 0 aliphatic carbocycles. The number of aliphatic hydroxyl groups is 1. The number of hydrogen-bond acceptors (Lipinski definition) is 4. The van der Waals surface area contributed by atoms with Crippen LogP contribution in [0.25, 0.3) is 0 Å². The molecule has 1 heterocycles. The Morgan fingerprint density at radius 3 is 2.38 bits per heavy atom. The van der Waals surface area contributed by atoms with Gasteiger partial charge in [0.15, 0.2) is 0 Å². The second kappa shape index (κ2) is 7.09. The number of piperazine rings is 1. The van der Waals surface area contributed by atoms with Crippen molar-refractivity contribution in [2.24, 2.45) is 0 Å². The molecule has 1 aliphatic heterocycles. The van der Waals surface area contributed by atoms with Crippen molar-refractivity contribution in [3.8, 4) is 5.75 Å². The van der Waals surface area contributed by atoms with E-state index in [1.54, 1.807) is 7.11 Å². The molecule has 1 N–H and O–H groups in total. The molecule has 21 heavy (non-hydrogen) atoms. The van der Waals surface area contributed by atoms with Gasteiger partial charge in [-0.3, -0.25) is 9.80 Å². The summed E-state index contributed by atoms with van der Waals surface area (Å²) in [5, 5.41) is 9.89. The molecule has 0 bridgehead atoms. The van der Waals surface area contributed by atoms with E-state index in [1.165, 1.54) is 5.56 Å². The topological polar surface area (TPSA) is 35.9 Å². The van der Waals surface area contributed by atoms with Crippen LogP contribution in [0.3, 0.4) is 0 Å². The predicted octanol–water partition coefficient (Wildman–Crippen LogP) is 2.35. The molecule has 4 nitrogen and oxygen atoms in total. The molecule has 5 heteroatoms. The summed E-state index contributed by atoms with van der Waals surface area (Å²) in [6, 6.07) is 6.10. The second-order valence-corrected chi connectivity index (χ2v) is 7.18. The van der Waals surface area contributed by atoms with Gasteiger partial charge in [-0.25, -0.2) is 0 Å². The monoisotopic (exact) mass is 356 g/mol. The maximum atomic E-state index is 9.89. The van der Waals surface area contributed by atoms with Gasteiger partial charge in [-0.2, -0.15) is 0 Å². The zero-order valence-corrected chi connectivity index (χ0v) is 14.7. The van der Waals surface area contributed by atoms with Crippen LogP contribution in [0.4, 0.5) is 0 Å². The third kappa shape index (κ3) is 5.25. The van der Waals surface area contributed by atoms with Gasteiger partial charge in [-0.1, -0.05) is 15.9 Å². The van der Waals surface area contributed by atoms with Crippen LogP contribution < -0.4 is 4.74 Å². The van der Waals surface area contributed by atoms with Crippen LogP contribution in [0.5, 0.6) is 5.75 Å². The summed E-state index contributed by atoms with van der Waals surface area (Å²) in [6.07, 6.45) is 0. The average molecular weight is 357 g/mol. The van der Waals surface area contributed by atoms with Crippen LogP contribution in [0.15, 0.2) is 22.7 Å². The zero-order valence-electron chi connectivity index (χ0n) is 13.1. The van der Waals surface area contributed by atoms with E-state index in [4.69, 9.17) is 4.74 Å². The summed E-state index contributed by atoms with van der Waals surface area (Å²) in [7, 11) is 1.70. The summed E-state index contributed by atoms with van der Waals surface area (Å²) >= 11 is 3.61. The fourth-order valence-electron chi connectivity index (χ4n) is 2.69. The highest BCUT2D eigenvalue weighted by atomic mass is 79.9. The molecule has 0 amide bonds. The lowest BCUT2D eigenvalue weighted by Gasteiger charge is -2.37. The van der Waals surface area contributed by atoms with E-state index in [0.29, 0.717) is 0 Å². The predicted molar refractivity (Wildman–Crippen MR) is 88.7 cm³/mol. The van der Waals surface area contributed by atoms with Crippen LogP contribution in [0, 0.1) is 0 Å². The minimum Gasteiger partial charge on any atom is -0.497 e. The molecule has 1 saturated heterocycles. The highest BCUT2D eigenvalue weighted by Gasteiger charge is 2.23. The smallest absolute Gasteiger partial charge is 0.119 e. The number of ether oxygens (including phenoxy) is 1. The normalized spacial score (nSPS) is 18.0. The molecule has 1 fully saturated rings. The molecule has 0 atom stereocenters. The summed E-state index contributed by atoms with van der Waals surface area (Å²) in [5.74, 6) is 0.897. The lowest BCUT2D eigenvalue weighted by Crippen LogP contribution is -2.50. The zero-order chi connectivity index (χ0) is 15.5. The van der Waals surface area contributed by atoms with Crippen LogP contribution in [-0.2, 0) is 6.54 Å². The molecular weight excluding hydrogens is 332 g/mol. The van der Waals surface area contributed by atoms with Gasteiger partial charge in [-0.05, 0) is 37.6 Å².